The van der Waals surface area contributed by atoms with Crippen molar-refractivity contribution in [3.8, 4) is 0 Å². The molecule has 2 heterocycles. The van der Waals surface area contributed by atoms with Gasteiger partial charge >= 0.3 is 0 Å². The van der Waals surface area contributed by atoms with E-state index in [1.54, 1.807) is 12.4 Å². The zero-order chi connectivity index (χ0) is 11.9. The Morgan fingerprint density at radius 1 is 1.18 bits per heavy atom. The molecule has 2 aromatic heterocycles. The topological polar surface area (TPSA) is 67.8 Å². The molecule has 0 aliphatic heterocycles. The van der Waals surface area contributed by atoms with Crippen molar-refractivity contribution in [3.05, 3.63) is 54.4 Å². The molecular formula is C12H12N4O. The summed E-state index contributed by atoms with van der Waals surface area (Å²) in [6.45, 7) is 0.557. The lowest BCUT2D eigenvalue weighted by atomic mass is 10.2. The van der Waals surface area contributed by atoms with Gasteiger partial charge in [0.15, 0.2) is 0 Å². The van der Waals surface area contributed by atoms with Crippen LogP contribution in [0.3, 0.4) is 0 Å². The minimum absolute atomic E-state index is 0.206. The highest BCUT2D eigenvalue weighted by Gasteiger charge is 2.05. The number of pyridine rings is 1. The van der Waals surface area contributed by atoms with Gasteiger partial charge in [-0.05, 0) is 18.1 Å². The van der Waals surface area contributed by atoms with E-state index in [-0.39, 0.29) is 5.91 Å². The molecule has 1 N–H and O–H groups in total. The molecule has 86 valence electrons. The summed E-state index contributed by atoms with van der Waals surface area (Å²) in [5, 5.41) is 2.78. The largest absolute Gasteiger partial charge is 0.350 e. The van der Waals surface area contributed by atoms with Crippen LogP contribution in [0.4, 0.5) is 0 Å². The smallest absolute Gasteiger partial charge is 0.271 e. The number of aromatic nitrogens is 3. The first-order valence-electron chi connectivity index (χ1n) is 5.29. The number of amides is 1. The number of hydrogen-bond donors (Lipinski definition) is 1. The van der Waals surface area contributed by atoms with E-state index in [4.69, 9.17) is 0 Å². The predicted molar refractivity (Wildman–Crippen MR) is 62.3 cm³/mol. The van der Waals surface area contributed by atoms with E-state index in [9.17, 15) is 4.79 Å². The average molecular weight is 228 g/mol. The quantitative estimate of drug-likeness (QED) is 0.842. The van der Waals surface area contributed by atoms with Gasteiger partial charge in [0.1, 0.15) is 5.69 Å². The summed E-state index contributed by atoms with van der Waals surface area (Å²) >= 11 is 0. The third-order valence-corrected chi connectivity index (χ3v) is 2.22. The molecule has 5 heteroatoms. The first-order valence-corrected chi connectivity index (χ1v) is 5.29. The van der Waals surface area contributed by atoms with E-state index in [1.807, 2.05) is 12.1 Å². The van der Waals surface area contributed by atoms with Crippen LogP contribution in [0.15, 0.2) is 43.1 Å². The van der Waals surface area contributed by atoms with Crippen LogP contribution in [0.2, 0.25) is 0 Å². The van der Waals surface area contributed by atoms with Crippen LogP contribution < -0.4 is 5.32 Å². The Morgan fingerprint density at radius 2 is 2.06 bits per heavy atom. The maximum atomic E-state index is 11.6. The van der Waals surface area contributed by atoms with Crippen LogP contribution >= 0.6 is 0 Å². The first kappa shape index (κ1) is 11.2. The van der Waals surface area contributed by atoms with Gasteiger partial charge < -0.3 is 5.32 Å². The van der Waals surface area contributed by atoms with Crippen molar-refractivity contribution in [2.45, 2.75) is 6.42 Å². The Morgan fingerprint density at radius 3 is 2.76 bits per heavy atom. The summed E-state index contributed by atoms with van der Waals surface area (Å²) in [5.41, 5.74) is 1.42. The highest BCUT2D eigenvalue weighted by atomic mass is 16.1. The molecule has 0 unspecified atom stereocenters. The van der Waals surface area contributed by atoms with Crippen LogP contribution in [-0.4, -0.2) is 27.4 Å². The van der Waals surface area contributed by atoms with Gasteiger partial charge in [0.05, 0.1) is 6.20 Å². The van der Waals surface area contributed by atoms with Gasteiger partial charge in [0, 0.05) is 31.3 Å². The fourth-order valence-corrected chi connectivity index (χ4v) is 1.37. The minimum atomic E-state index is -0.206. The van der Waals surface area contributed by atoms with E-state index < -0.39 is 0 Å². The predicted octanol–water partition coefficient (Wildman–Crippen LogP) is 0.844. The number of rotatable bonds is 4. The van der Waals surface area contributed by atoms with Gasteiger partial charge in [-0.25, -0.2) is 4.98 Å². The van der Waals surface area contributed by atoms with E-state index in [1.165, 1.54) is 18.6 Å². The molecule has 1 amide bonds. The fourth-order valence-electron chi connectivity index (χ4n) is 1.37. The first-order chi connectivity index (χ1) is 8.36. The van der Waals surface area contributed by atoms with Gasteiger partial charge in [-0.15, -0.1) is 0 Å². The van der Waals surface area contributed by atoms with Crippen LogP contribution in [0.5, 0.6) is 0 Å². The lowest BCUT2D eigenvalue weighted by Gasteiger charge is -2.03. The molecule has 0 spiro atoms. The molecule has 0 aliphatic rings. The number of nitrogens with one attached hydrogen (secondary N) is 1. The lowest BCUT2D eigenvalue weighted by Crippen LogP contribution is -2.26. The number of carbonyl (C=O) groups excluding carboxylic acids is 1. The summed E-state index contributed by atoms with van der Waals surface area (Å²) in [4.78, 5) is 23.4. The lowest BCUT2D eigenvalue weighted by molar-refractivity contribution is 0.0948. The van der Waals surface area contributed by atoms with Gasteiger partial charge in [-0.1, -0.05) is 6.07 Å². The molecule has 0 atom stereocenters. The molecule has 0 aromatic carbocycles. The standard InChI is InChI=1S/C12H12N4O/c17-12(11-9-14-6-7-15-11)16-5-3-10-2-1-4-13-8-10/h1-2,4,6-9H,3,5H2,(H,16,17). The van der Waals surface area contributed by atoms with Crippen molar-refractivity contribution in [3.63, 3.8) is 0 Å². The number of nitrogens with zero attached hydrogens (tertiary/aromatic N) is 3. The zero-order valence-corrected chi connectivity index (χ0v) is 9.21. The Kier molecular flexibility index (Phi) is 3.75. The second kappa shape index (κ2) is 5.69. The summed E-state index contributed by atoms with van der Waals surface area (Å²) in [6.07, 6.45) is 8.73. The molecular weight excluding hydrogens is 216 g/mol. The fraction of sp³-hybridized carbons (Fsp3) is 0.167. The Balaban J connectivity index is 1.82. The molecule has 0 fully saturated rings. The van der Waals surface area contributed by atoms with Gasteiger partial charge in [-0.2, -0.15) is 0 Å². The van der Waals surface area contributed by atoms with E-state index in [2.05, 4.69) is 20.3 Å². The molecule has 5 nitrogen and oxygen atoms in total. The molecule has 0 radical (unpaired) electrons. The summed E-state index contributed by atoms with van der Waals surface area (Å²) in [5.74, 6) is -0.206. The number of carbonyl (C=O) groups is 1. The highest BCUT2D eigenvalue weighted by Crippen LogP contribution is 1.96. The van der Waals surface area contributed by atoms with Crippen LogP contribution in [0.1, 0.15) is 16.1 Å². The monoisotopic (exact) mass is 228 g/mol. The van der Waals surface area contributed by atoms with Crippen LogP contribution in [-0.2, 0) is 6.42 Å². The van der Waals surface area contributed by atoms with E-state index >= 15 is 0 Å². The Bertz CT molecular complexity index is 472. The number of hydrogen-bond acceptors (Lipinski definition) is 4. The summed E-state index contributed by atoms with van der Waals surface area (Å²) < 4.78 is 0. The van der Waals surface area contributed by atoms with Crippen molar-refractivity contribution in [1.82, 2.24) is 20.3 Å². The third kappa shape index (κ3) is 3.34. The van der Waals surface area contributed by atoms with E-state index in [0.717, 1.165) is 12.0 Å². The molecule has 17 heavy (non-hydrogen) atoms. The van der Waals surface area contributed by atoms with Crippen molar-refractivity contribution in [2.75, 3.05) is 6.54 Å². The van der Waals surface area contributed by atoms with Gasteiger partial charge in [0.2, 0.25) is 0 Å². The Labute approximate surface area is 99.0 Å². The molecule has 0 aliphatic carbocycles. The van der Waals surface area contributed by atoms with Crippen LogP contribution in [0.25, 0.3) is 0 Å². The van der Waals surface area contributed by atoms with Crippen molar-refractivity contribution < 1.29 is 4.79 Å². The normalized spacial score (nSPS) is 9.88. The maximum absolute atomic E-state index is 11.6. The summed E-state index contributed by atoms with van der Waals surface area (Å²) in [7, 11) is 0. The Hall–Kier alpha value is -2.30. The summed E-state index contributed by atoms with van der Waals surface area (Å²) in [6, 6.07) is 3.85. The van der Waals surface area contributed by atoms with E-state index in [0.29, 0.717) is 12.2 Å². The maximum Gasteiger partial charge on any atom is 0.271 e. The van der Waals surface area contributed by atoms with Crippen LogP contribution in [0, 0.1) is 0 Å². The van der Waals surface area contributed by atoms with Gasteiger partial charge in [-0.3, -0.25) is 14.8 Å². The molecule has 0 saturated heterocycles. The average Bonchev–Trinajstić information content (AvgIpc) is 2.41. The minimum Gasteiger partial charge on any atom is -0.350 e. The van der Waals surface area contributed by atoms with Gasteiger partial charge in [0.25, 0.3) is 5.91 Å². The van der Waals surface area contributed by atoms with Crippen molar-refractivity contribution in [2.24, 2.45) is 0 Å². The second-order valence-electron chi connectivity index (χ2n) is 3.46. The highest BCUT2D eigenvalue weighted by molar-refractivity contribution is 5.91. The molecule has 0 bridgehead atoms. The van der Waals surface area contributed by atoms with Crippen molar-refractivity contribution in [1.29, 1.82) is 0 Å². The van der Waals surface area contributed by atoms with Crippen molar-refractivity contribution >= 4 is 5.91 Å². The molecule has 2 aromatic rings. The SMILES string of the molecule is O=C(NCCc1cccnc1)c1cnccn1. The molecule has 2 rings (SSSR count). The molecule has 0 saturated carbocycles. The zero-order valence-electron chi connectivity index (χ0n) is 9.21. The second-order valence-corrected chi connectivity index (χ2v) is 3.46. The third-order valence-electron chi connectivity index (χ3n) is 2.22.